The highest BCUT2D eigenvalue weighted by atomic mass is 79.9. The van der Waals surface area contributed by atoms with Gasteiger partial charge in [0.2, 0.25) is 0 Å². The van der Waals surface area contributed by atoms with Gasteiger partial charge in [0.05, 0.1) is 4.92 Å². The summed E-state index contributed by atoms with van der Waals surface area (Å²) >= 11 is 3.25. The van der Waals surface area contributed by atoms with Crippen molar-refractivity contribution in [1.29, 1.82) is 0 Å². The molecule has 0 radical (unpaired) electrons. The smallest absolute Gasteiger partial charge is 0.275 e. The third kappa shape index (κ3) is 5.56. The number of hydrogen-bond donors (Lipinski definition) is 1. The predicted octanol–water partition coefficient (Wildman–Crippen LogP) is 3.51. The van der Waals surface area contributed by atoms with Gasteiger partial charge in [-0.05, 0) is 24.0 Å². The minimum absolute atomic E-state index is 0.0974. The van der Waals surface area contributed by atoms with E-state index < -0.39 is 0 Å². The maximum absolute atomic E-state index is 11.0. The Morgan fingerprint density at radius 2 is 2.15 bits per heavy atom. The normalized spacial score (nSPS) is 11.6. The Balaban J connectivity index is 2.60. The molecule has 0 aliphatic heterocycles. The Labute approximate surface area is 128 Å². The Morgan fingerprint density at radius 3 is 2.75 bits per heavy atom. The van der Waals surface area contributed by atoms with Crippen LogP contribution >= 0.6 is 15.9 Å². The van der Waals surface area contributed by atoms with Crippen LogP contribution in [0.2, 0.25) is 0 Å². The molecule has 0 heterocycles. The van der Waals surface area contributed by atoms with Crippen LogP contribution in [0.25, 0.3) is 0 Å². The molecular formula is C14H21BrN2O3. The molecule has 1 aromatic rings. The predicted molar refractivity (Wildman–Crippen MR) is 82.8 cm³/mol. The number of nitrogens with zero attached hydrogens (tertiary/aromatic N) is 1. The summed E-state index contributed by atoms with van der Waals surface area (Å²) in [6, 6.07) is 5.13. The largest absolute Gasteiger partial charge is 0.385 e. The molecule has 112 valence electrons. The average Bonchev–Trinajstić information content (AvgIpc) is 2.38. The summed E-state index contributed by atoms with van der Waals surface area (Å²) < 4.78 is 5.80. The summed E-state index contributed by atoms with van der Waals surface area (Å²) in [7, 11) is 1.69. The second kappa shape index (κ2) is 7.71. The zero-order valence-corrected chi connectivity index (χ0v) is 13.7. The van der Waals surface area contributed by atoms with Crippen LogP contribution in [-0.4, -0.2) is 25.2 Å². The van der Waals surface area contributed by atoms with E-state index in [9.17, 15) is 10.1 Å². The van der Waals surface area contributed by atoms with Gasteiger partial charge in [-0.25, -0.2) is 0 Å². The minimum atomic E-state index is -0.349. The number of nitro groups is 1. The van der Waals surface area contributed by atoms with Gasteiger partial charge in [-0.15, -0.1) is 0 Å². The maximum atomic E-state index is 11.0. The zero-order valence-electron chi connectivity index (χ0n) is 12.1. The van der Waals surface area contributed by atoms with E-state index >= 15 is 0 Å². The quantitative estimate of drug-likeness (QED) is 0.578. The molecule has 0 bridgehead atoms. The Kier molecular flexibility index (Phi) is 6.58. The van der Waals surface area contributed by atoms with Crippen molar-refractivity contribution < 1.29 is 9.66 Å². The first kappa shape index (κ1) is 17.1. The molecule has 0 saturated heterocycles. The van der Waals surface area contributed by atoms with E-state index in [2.05, 4.69) is 35.1 Å². The van der Waals surface area contributed by atoms with Gasteiger partial charge in [-0.2, -0.15) is 0 Å². The highest BCUT2D eigenvalue weighted by Crippen LogP contribution is 2.24. The van der Waals surface area contributed by atoms with Crippen molar-refractivity contribution in [3.63, 3.8) is 0 Å². The van der Waals surface area contributed by atoms with Crippen molar-refractivity contribution in [3.8, 4) is 0 Å². The van der Waals surface area contributed by atoms with Crippen LogP contribution in [0.15, 0.2) is 22.7 Å². The molecule has 0 spiro atoms. The zero-order chi connectivity index (χ0) is 15.2. The van der Waals surface area contributed by atoms with Crippen LogP contribution in [0, 0.1) is 15.5 Å². The summed E-state index contributed by atoms with van der Waals surface area (Å²) in [4.78, 5) is 10.7. The molecule has 0 fully saturated rings. The second-order valence-corrected chi connectivity index (χ2v) is 6.46. The van der Waals surface area contributed by atoms with Crippen LogP contribution < -0.4 is 5.32 Å². The molecule has 1 rings (SSSR count). The van der Waals surface area contributed by atoms with Gasteiger partial charge >= 0.3 is 0 Å². The lowest BCUT2D eigenvalue weighted by atomic mass is 9.89. The van der Waals surface area contributed by atoms with Gasteiger partial charge in [0, 0.05) is 42.9 Å². The van der Waals surface area contributed by atoms with Crippen LogP contribution in [0.4, 0.5) is 5.69 Å². The van der Waals surface area contributed by atoms with Crippen molar-refractivity contribution in [2.75, 3.05) is 20.3 Å². The number of methoxy groups -OCH3 is 1. The molecule has 0 unspecified atom stereocenters. The standard InChI is InChI=1S/C14H21BrN2O3/c1-14(2,6-7-20-3)10-16-9-11-4-5-12(15)8-13(11)17(18)19/h4-5,8,16H,6-7,9-10H2,1-3H3. The number of hydrogen-bond acceptors (Lipinski definition) is 4. The molecule has 0 atom stereocenters. The van der Waals surface area contributed by atoms with Crippen LogP contribution in [0.5, 0.6) is 0 Å². The molecule has 0 aliphatic carbocycles. The monoisotopic (exact) mass is 344 g/mol. The van der Waals surface area contributed by atoms with Crippen molar-refractivity contribution in [3.05, 3.63) is 38.3 Å². The van der Waals surface area contributed by atoms with Gasteiger partial charge in [0.1, 0.15) is 0 Å². The first-order chi connectivity index (χ1) is 9.35. The highest BCUT2D eigenvalue weighted by molar-refractivity contribution is 9.10. The van der Waals surface area contributed by atoms with Gasteiger partial charge < -0.3 is 10.1 Å². The molecule has 1 N–H and O–H groups in total. The summed E-state index contributed by atoms with van der Waals surface area (Å²) in [5.74, 6) is 0. The lowest BCUT2D eigenvalue weighted by Gasteiger charge is -2.24. The number of nitrogens with one attached hydrogen (secondary N) is 1. The first-order valence-electron chi connectivity index (χ1n) is 6.48. The highest BCUT2D eigenvalue weighted by Gasteiger charge is 2.18. The Bertz CT molecular complexity index is 464. The van der Waals surface area contributed by atoms with Crippen LogP contribution in [0.1, 0.15) is 25.8 Å². The van der Waals surface area contributed by atoms with E-state index in [0.717, 1.165) is 13.0 Å². The summed E-state index contributed by atoms with van der Waals surface area (Å²) in [5.41, 5.74) is 0.933. The SMILES string of the molecule is COCCC(C)(C)CNCc1ccc(Br)cc1[N+](=O)[O-]. The fourth-order valence-electron chi connectivity index (χ4n) is 1.86. The minimum Gasteiger partial charge on any atom is -0.385 e. The molecule has 6 heteroatoms. The van der Waals surface area contributed by atoms with E-state index in [4.69, 9.17) is 4.74 Å². The first-order valence-corrected chi connectivity index (χ1v) is 7.27. The van der Waals surface area contributed by atoms with Crippen molar-refractivity contribution >= 4 is 21.6 Å². The second-order valence-electron chi connectivity index (χ2n) is 5.54. The van der Waals surface area contributed by atoms with E-state index in [1.807, 2.05) is 6.07 Å². The van der Waals surface area contributed by atoms with Crippen molar-refractivity contribution in [2.24, 2.45) is 5.41 Å². The summed E-state index contributed by atoms with van der Waals surface area (Å²) in [6.45, 7) is 6.28. The number of nitro benzene ring substituents is 1. The van der Waals surface area contributed by atoms with Crippen LogP contribution in [0.3, 0.4) is 0 Å². The lowest BCUT2D eigenvalue weighted by molar-refractivity contribution is -0.385. The third-order valence-electron chi connectivity index (χ3n) is 3.15. The molecule has 0 aromatic heterocycles. The van der Waals surface area contributed by atoms with E-state index in [0.29, 0.717) is 23.2 Å². The summed E-state index contributed by atoms with van der Waals surface area (Å²) in [5, 5.41) is 14.3. The topological polar surface area (TPSA) is 64.4 Å². The van der Waals surface area contributed by atoms with Gasteiger partial charge in [0.15, 0.2) is 0 Å². The van der Waals surface area contributed by atoms with Crippen molar-refractivity contribution in [1.82, 2.24) is 5.32 Å². The molecule has 0 saturated carbocycles. The molecule has 0 aliphatic rings. The van der Waals surface area contributed by atoms with Crippen LogP contribution in [-0.2, 0) is 11.3 Å². The molecule has 0 amide bonds. The number of halogens is 1. The van der Waals surface area contributed by atoms with Gasteiger partial charge in [-0.1, -0.05) is 29.8 Å². The van der Waals surface area contributed by atoms with Gasteiger partial charge in [-0.3, -0.25) is 10.1 Å². The van der Waals surface area contributed by atoms with E-state index in [1.54, 1.807) is 13.2 Å². The average molecular weight is 345 g/mol. The summed E-state index contributed by atoms with van der Waals surface area (Å²) in [6.07, 6.45) is 0.943. The molecular weight excluding hydrogens is 324 g/mol. The number of benzene rings is 1. The molecule has 20 heavy (non-hydrogen) atoms. The van der Waals surface area contributed by atoms with E-state index in [1.165, 1.54) is 6.07 Å². The fourth-order valence-corrected chi connectivity index (χ4v) is 2.21. The van der Waals surface area contributed by atoms with Gasteiger partial charge in [0.25, 0.3) is 5.69 Å². The van der Waals surface area contributed by atoms with Crippen molar-refractivity contribution in [2.45, 2.75) is 26.8 Å². The number of ether oxygens (including phenoxy) is 1. The number of rotatable bonds is 8. The third-order valence-corrected chi connectivity index (χ3v) is 3.64. The Morgan fingerprint density at radius 1 is 1.45 bits per heavy atom. The fraction of sp³-hybridized carbons (Fsp3) is 0.571. The van der Waals surface area contributed by atoms with E-state index in [-0.39, 0.29) is 16.0 Å². The Hall–Kier alpha value is -0.980. The molecule has 1 aromatic carbocycles. The lowest BCUT2D eigenvalue weighted by Crippen LogP contribution is -2.30. The molecule has 5 nitrogen and oxygen atoms in total. The maximum Gasteiger partial charge on any atom is 0.275 e.